The van der Waals surface area contributed by atoms with E-state index in [0.717, 1.165) is 72.5 Å². The summed E-state index contributed by atoms with van der Waals surface area (Å²) in [5.41, 5.74) is 6.74. The van der Waals surface area contributed by atoms with Crippen molar-refractivity contribution in [2.24, 2.45) is 0 Å². The standard InChI is InChI=1S/C27H29ClN4/c1-19-7-9-21(10-8-19)17-23-16-20(2)31-27(32-23)6-4-3-5-14-29-25-13-15-30-26-18-22(28)11-12-24(25)26/h7-13,15-16,18H,3-6,14,17H2,1-2H3,(H,29,30). The Morgan fingerprint density at radius 3 is 2.56 bits per heavy atom. The molecule has 4 nitrogen and oxygen atoms in total. The lowest BCUT2D eigenvalue weighted by atomic mass is 10.1. The fourth-order valence-electron chi connectivity index (χ4n) is 3.90. The van der Waals surface area contributed by atoms with E-state index in [1.165, 1.54) is 11.1 Å². The van der Waals surface area contributed by atoms with Crippen LogP contribution in [-0.4, -0.2) is 21.5 Å². The second-order valence-corrected chi connectivity index (χ2v) is 8.77. The van der Waals surface area contributed by atoms with Gasteiger partial charge in [-0.1, -0.05) is 47.9 Å². The lowest BCUT2D eigenvalue weighted by molar-refractivity contribution is 0.674. The van der Waals surface area contributed by atoms with Crippen molar-refractivity contribution in [3.8, 4) is 0 Å². The molecular formula is C27H29ClN4. The van der Waals surface area contributed by atoms with Gasteiger partial charge >= 0.3 is 0 Å². The predicted molar refractivity (Wildman–Crippen MR) is 134 cm³/mol. The number of benzene rings is 2. The largest absolute Gasteiger partial charge is 0.384 e. The number of pyridine rings is 1. The lowest BCUT2D eigenvalue weighted by Crippen LogP contribution is -2.04. The third-order valence-electron chi connectivity index (χ3n) is 5.56. The molecule has 2 aromatic carbocycles. The minimum Gasteiger partial charge on any atom is -0.384 e. The molecule has 0 atom stereocenters. The molecule has 0 saturated heterocycles. The summed E-state index contributed by atoms with van der Waals surface area (Å²) in [5, 5.41) is 5.35. The van der Waals surface area contributed by atoms with Gasteiger partial charge in [0.05, 0.1) is 5.52 Å². The maximum Gasteiger partial charge on any atom is 0.128 e. The highest BCUT2D eigenvalue weighted by Crippen LogP contribution is 2.24. The summed E-state index contributed by atoms with van der Waals surface area (Å²) in [5.74, 6) is 0.956. The Hall–Kier alpha value is -2.98. The van der Waals surface area contributed by atoms with Crippen LogP contribution in [0.1, 0.15) is 47.6 Å². The van der Waals surface area contributed by atoms with E-state index in [1.54, 1.807) is 0 Å². The predicted octanol–water partition coefficient (Wildman–Crippen LogP) is 6.71. The van der Waals surface area contributed by atoms with Crippen LogP contribution in [0, 0.1) is 13.8 Å². The average Bonchev–Trinajstić information content (AvgIpc) is 2.77. The first kappa shape index (κ1) is 22.2. The normalized spacial score (nSPS) is 11.1. The van der Waals surface area contributed by atoms with E-state index in [1.807, 2.05) is 30.5 Å². The van der Waals surface area contributed by atoms with Crippen LogP contribution in [0.4, 0.5) is 5.69 Å². The molecular weight excluding hydrogens is 416 g/mol. The number of aryl methyl sites for hydroxylation is 3. The van der Waals surface area contributed by atoms with Crippen molar-refractivity contribution in [1.29, 1.82) is 0 Å². The van der Waals surface area contributed by atoms with Crippen LogP contribution in [-0.2, 0) is 12.8 Å². The number of aromatic nitrogens is 3. The molecule has 32 heavy (non-hydrogen) atoms. The number of anilines is 1. The van der Waals surface area contributed by atoms with Gasteiger partial charge in [0.2, 0.25) is 0 Å². The lowest BCUT2D eigenvalue weighted by Gasteiger charge is -2.10. The Balaban J connectivity index is 1.25. The van der Waals surface area contributed by atoms with E-state index < -0.39 is 0 Å². The van der Waals surface area contributed by atoms with Crippen molar-refractivity contribution >= 4 is 28.2 Å². The van der Waals surface area contributed by atoms with Crippen molar-refractivity contribution < 1.29 is 0 Å². The fourth-order valence-corrected chi connectivity index (χ4v) is 4.07. The SMILES string of the molecule is Cc1ccc(Cc2cc(C)nc(CCCCCNc3ccnc4cc(Cl)ccc34)n2)cc1. The van der Waals surface area contributed by atoms with Crippen LogP contribution in [0.25, 0.3) is 10.9 Å². The van der Waals surface area contributed by atoms with Crippen molar-refractivity contribution in [3.05, 3.63) is 94.2 Å². The molecule has 0 amide bonds. The molecule has 4 aromatic rings. The van der Waals surface area contributed by atoms with Gasteiger partial charge in [0.25, 0.3) is 0 Å². The Morgan fingerprint density at radius 2 is 1.72 bits per heavy atom. The quantitative estimate of drug-likeness (QED) is 0.291. The van der Waals surface area contributed by atoms with Gasteiger partial charge in [0.1, 0.15) is 5.82 Å². The summed E-state index contributed by atoms with van der Waals surface area (Å²) in [6.07, 6.45) is 6.91. The molecule has 0 aliphatic rings. The number of halogens is 1. The number of fused-ring (bicyclic) bond motifs is 1. The number of unbranched alkanes of at least 4 members (excludes halogenated alkanes) is 2. The molecule has 0 spiro atoms. The first-order valence-electron chi connectivity index (χ1n) is 11.2. The van der Waals surface area contributed by atoms with E-state index in [9.17, 15) is 0 Å². The summed E-state index contributed by atoms with van der Waals surface area (Å²) in [6, 6.07) is 18.6. The minimum atomic E-state index is 0.711. The molecule has 0 saturated carbocycles. The van der Waals surface area contributed by atoms with Gasteiger partial charge in [-0.15, -0.1) is 0 Å². The first-order chi connectivity index (χ1) is 15.6. The smallest absolute Gasteiger partial charge is 0.128 e. The topological polar surface area (TPSA) is 50.7 Å². The second kappa shape index (κ2) is 10.6. The van der Waals surface area contributed by atoms with Crippen molar-refractivity contribution in [3.63, 3.8) is 0 Å². The highest BCUT2D eigenvalue weighted by molar-refractivity contribution is 6.31. The maximum atomic E-state index is 6.08. The Morgan fingerprint density at radius 1 is 0.875 bits per heavy atom. The van der Waals surface area contributed by atoms with E-state index in [0.29, 0.717) is 5.02 Å². The summed E-state index contributed by atoms with van der Waals surface area (Å²) in [7, 11) is 0. The maximum absolute atomic E-state index is 6.08. The first-order valence-corrected chi connectivity index (χ1v) is 11.6. The van der Waals surface area contributed by atoms with Crippen LogP contribution < -0.4 is 5.32 Å². The third-order valence-corrected chi connectivity index (χ3v) is 5.79. The molecule has 4 rings (SSSR count). The number of hydrogen-bond acceptors (Lipinski definition) is 4. The van der Waals surface area contributed by atoms with Gasteiger partial charge in [-0.3, -0.25) is 4.98 Å². The monoisotopic (exact) mass is 444 g/mol. The molecule has 1 N–H and O–H groups in total. The van der Waals surface area contributed by atoms with Gasteiger partial charge in [-0.25, -0.2) is 9.97 Å². The average molecular weight is 445 g/mol. The van der Waals surface area contributed by atoms with Crippen LogP contribution in [0.5, 0.6) is 0 Å². The van der Waals surface area contributed by atoms with E-state index in [2.05, 4.69) is 59.5 Å². The molecule has 2 heterocycles. The third kappa shape index (κ3) is 6.04. The number of nitrogens with zero attached hydrogens (tertiary/aromatic N) is 3. The zero-order valence-corrected chi connectivity index (χ0v) is 19.5. The molecule has 5 heteroatoms. The highest BCUT2D eigenvalue weighted by Gasteiger charge is 2.05. The van der Waals surface area contributed by atoms with Gasteiger partial charge in [-0.2, -0.15) is 0 Å². The van der Waals surface area contributed by atoms with Crippen LogP contribution in [0.15, 0.2) is 60.8 Å². The van der Waals surface area contributed by atoms with E-state index >= 15 is 0 Å². The van der Waals surface area contributed by atoms with Crippen molar-refractivity contribution in [2.75, 3.05) is 11.9 Å². The number of rotatable bonds is 9. The molecule has 164 valence electrons. The highest BCUT2D eigenvalue weighted by atomic mass is 35.5. The minimum absolute atomic E-state index is 0.711. The molecule has 0 aliphatic heterocycles. The molecule has 2 aromatic heterocycles. The molecule has 0 unspecified atom stereocenters. The van der Waals surface area contributed by atoms with Gasteiger partial charge in [0.15, 0.2) is 0 Å². The molecule has 0 radical (unpaired) electrons. The number of nitrogens with one attached hydrogen (secondary N) is 1. The van der Waals surface area contributed by atoms with Crippen LogP contribution in [0.2, 0.25) is 5.02 Å². The summed E-state index contributed by atoms with van der Waals surface area (Å²) >= 11 is 6.08. The van der Waals surface area contributed by atoms with Gasteiger partial charge < -0.3 is 5.32 Å². The van der Waals surface area contributed by atoms with Crippen LogP contribution >= 0.6 is 11.6 Å². The second-order valence-electron chi connectivity index (χ2n) is 8.34. The fraction of sp³-hybridized carbons (Fsp3) is 0.296. The Bertz CT molecular complexity index is 1190. The van der Waals surface area contributed by atoms with Gasteiger partial charge in [0, 0.05) is 53.1 Å². The summed E-state index contributed by atoms with van der Waals surface area (Å²) in [6.45, 7) is 5.09. The van der Waals surface area contributed by atoms with E-state index in [4.69, 9.17) is 16.6 Å². The zero-order valence-electron chi connectivity index (χ0n) is 18.7. The summed E-state index contributed by atoms with van der Waals surface area (Å²) < 4.78 is 0. The van der Waals surface area contributed by atoms with Crippen molar-refractivity contribution in [2.45, 2.75) is 46.0 Å². The number of hydrogen-bond donors (Lipinski definition) is 1. The molecule has 0 aliphatic carbocycles. The Labute approximate surface area is 195 Å². The Kier molecular flexibility index (Phi) is 7.33. The van der Waals surface area contributed by atoms with Gasteiger partial charge in [-0.05, 0) is 62.6 Å². The van der Waals surface area contributed by atoms with Crippen molar-refractivity contribution in [1.82, 2.24) is 15.0 Å². The zero-order chi connectivity index (χ0) is 22.3. The summed E-state index contributed by atoms with van der Waals surface area (Å²) in [4.78, 5) is 13.9. The molecule has 0 bridgehead atoms. The molecule has 0 fully saturated rings. The van der Waals surface area contributed by atoms with Crippen LogP contribution in [0.3, 0.4) is 0 Å². The van der Waals surface area contributed by atoms with E-state index in [-0.39, 0.29) is 0 Å².